The van der Waals surface area contributed by atoms with Crippen molar-refractivity contribution < 1.29 is 4.39 Å². The van der Waals surface area contributed by atoms with Crippen molar-refractivity contribution in [3.8, 4) is 0 Å². The Bertz CT molecular complexity index is 325. The summed E-state index contributed by atoms with van der Waals surface area (Å²) < 4.78 is 13.6. The molecule has 0 aromatic heterocycles. The van der Waals surface area contributed by atoms with E-state index in [-0.39, 0.29) is 11.9 Å². The molecule has 0 heterocycles. The largest absolute Gasteiger partial charge is 0.324 e. The van der Waals surface area contributed by atoms with E-state index in [9.17, 15) is 4.39 Å². The van der Waals surface area contributed by atoms with E-state index in [0.29, 0.717) is 10.1 Å². The zero-order valence-electron chi connectivity index (χ0n) is 9.46. The maximum absolute atomic E-state index is 13.6. The van der Waals surface area contributed by atoms with Crippen LogP contribution >= 0.6 is 11.8 Å². The number of hydrogen-bond donors (Lipinski definition) is 1. The highest BCUT2D eigenvalue weighted by Crippen LogP contribution is 2.28. The summed E-state index contributed by atoms with van der Waals surface area (Å²) in [5, 5.41) is 0.445. The van der Waals surface area contributed by atoms with Crippen LogP contribution < -0.4 is 5.73 Å². The molecule has 0 radical (unpaired) electrons. The number of halogens is 1. The van der Waals surface area contributed by atoms with Crippen molar-refractivity contribution in [2.75, 3.05) is 0 Å². The number of nitrogens with two attached hydrogens (primary N) is 1. The molecule has 1 nitrogen and oxygen atoms in total. The number of thioether (sulfide) groups is 1. The average molecular weight is 227 g/mol. The van der Waals surface area contributed by atoms with Gasteiger partial charge in [-0.05, 0) is 31.0 Å². The van der Waals surface area contributed by atoms with Gasteiger partial charge < -0.3 is 5.73 Å². The van der Waals surface area contributed by atoms with Gasteiger partial charge in [0, 0.05) is 16.2 Å². The second-order valence-electron chi connectivity index (χ2n) is 3.82. The normalized spacial score (nSPS) is 15.0. The molecular weight excluding hydrogens is 209 g/mol. The molecule has 0 spiro atoms. The van der Waals surface area contributed by atoms with Crippen LogP contribution in [0.5, 0.6) is 0 Å². The van der Waals surface area contributed by atoms with Crippen LogP contribution in [-0.4, -0.2) is 5.25 Å². The van der Waals surface area contributed by atoms with E-state index in [2.05, 4.69) is 13.8 Å². The average Bonchev–Trinajstić information content (AvgIpc) is 2.20. The van der Waals surface area contributed by atoms with Crippen LogP contribution in [0.25, 0.3) is 0 Å². The zero-order chi connectivity index (χ0) is 11.4. The van der Waals surface area contributed by atoms with Crippen LogP contribution in [0.2, 0.25) is 0 Å². The first-order valence-corrected chi connectivity index (χ1v) is 6.14. The van der Waals surface area contributed by atoms with Gasteiger partial charge in [-0.2, -0.15) is 0 Å². The van der Waals surface area contributed by atoms with Crippen LogP contribution in [0.3, 0.4) is 0 Å². The van der Waals surface area contributed by atoms with E-state index >= 15 is 0 Å². The Morgan fingerprint density at radius 1 is 1.40 bits per heavy atom. The Morgan fingerprint density at radius 3 is 2.53 bits per heavy atom. The zero-order valence-corrected chi connectivity index (χ0v) is 10.3. The second kappa shape index (κ2) is 5.52. The molecule has 1 aromatic rings. The first-order chi connectivity index (χ1) is 7.04. The summed E-state index contributed by atoms with van der Waals surface area (Å²) in [4.78, 5) is 0.716. The Kier molecular flexibility index (Phi) is 4.61. The lowest BCUT2D eigenvalue weighted by atomic mass is 10.1. The van der Waals surface area contributed by atoms with Gasteiger partial charge in [0.05, 0.1) is 0 Å². The van der Waals surface area contributed by atoms with Crippen molar-refractivity contribution in [2.45, 2.75) is 43.4 Å². The highest BCUT2D eigenvalue weighted by atomic mass is 32.2. The monoisotopic (exact) mass is 227 g/mol. The fraction of sp³-hybridized carbons (Fsp3) is 0.500. The molecule has 1 aromatic carbocycles. The Hall–Kier alpha value is -0.540. The van der Waals surface area contributed by atoms with Crippen molar-refractivity contribution >= 4 is 11.8 Å². The number of rotatable bonds is 4. The molecule has 0 saturated carbocycles. The van der Waals surface area contributed by atoms with Gasteiger partial charge in [0.15, 0.2) is 0 Å². The topological polar surface area (TPSA) is 26.0 Å². The van der Waals surface area contributed by atoms with E-state index in [1.165, 1.54) is 6.07 Å². The molecule has 1 rings (SSSR count). The lowest BCUT2D eigenvalue weighted by molar-refractivity contribution is 0.596. The predicted molar refractivity (Wildman–Crippen MR) is 64.6 cm³/mol. The molecule has 1 unspecified atom stereocenters. The van der Waals surface area contributed by atoms with Crippen molar-refractivity contribution in [1.82, 2.24) is 0 Å². The third-order valence-electron chi connectivity index (χ3n) is 2.38. The lowest BCUT2D eigenvalue weighted by Gasteiger charge is -2.11. The van der Waals surface area contributed by atoms with E-state index < -0.39 is 0 Å². The fourth-order valence-corrected chi connectivity index (χ4v) is 2.11. The molecular formula is C12H18FNS. The van der Waals surface area contributed by atoms with Gasteiger partial charge in [-0.1, -0.05) is 19.9 Å². The molecule has 0 aliphatic carbocycles. The smallest absolute Gasteiger partial charge is 0.137 e. The van der Waals surface area contributed by atoms with E-state index in [4.69, 9.17) is 5.73 Å². The quantitative estimate of drug-likeness (QED) is 0.793. The highest BCUT2D eigenvalue weighted by Gasteiger charge is 2.09. The van der Waals surface area contributed by atoms with Crippen LogP contribution in [0.4, 0.5) is 4.39 Å². The molecule has 84 valence electrons. The van der Waals surface area contributed by atoms with Crippen molar-refractivity contribution in [3.05, 3.63) is 29.6 Å². The second-order valence-corrected chi connectivity index (χ2v) is 5.30. The molecule has 2 atom stereocenters. The van der Waals surface area contributed by atoms with Crippen molar-refractivity contribution in [1.29, 1.82) is 0 Å². The van der Waals surface area contributed by atoms with Crippen LogP contribution in [-0.2, 0) is 0 Å². The van der Waals surface area contributed by atoms with E-state index in [1.54, 1.807) is 11.8 Å². The summed E-state index contributed by atoms with van der Waals surface area (Å²) in [6.45, 7) is 6.06. The first kappa shape index (κ1) is 12.5. The summed E-state index contributed by atoms with van der Waals surface area (Å²) in [7, 11) is 0. The minimum Gasteiger partial charge on any atom is -0.324 e. The molecule has 15 heavy (non-hydrogen) atoms. The SMILES string of the molecule is CCC(C)Sc1ccc([C@@H](C)N)cc1F. The summed E-state index contributed by atoms with van der Waals surface area (Å²) >= 11 is 1.57. The van der Waals surface area contributed by atoms with Gasteiger partial charge >= 0.3 is 0 Å². The first-order valence-electron chi connectivity index (χ1n) is 5.26. The summed E-state index contributed by atoms with van der Waals surface area (Å²) in [5.74, 6) is -0.157. The summed E-state index contributed by atoms with van der Waals surface area (Å²) in [5.41, 5.74) is 6.53. The number of hydrogen-bond acceptors (Lipinski definition) is 2. The third kappa shape index (κ3) is 3.50. The van der Waals surface area contributed by atoms with Gasteiger partial charge in [0.1, 0.15) is 5.82 Å². The van der Waals surface area contributed by atoms with Crippen molar-refractivity contribution in [2.24, 2.45) is 5.73 Å². The van der Waals surface area contributed by atoms with Crippen LogP contribution in [0.1, 0.15) is 38.8 Å². The van der Waals surface area contributed by atoms with Crippen molar-refractivity contribution in [3.63, 3.8) is 0 Å². The number of benzene rings is 1. The molecule has 2 N–H and O–H groups in total. The molecule has 0 aliphatic rings. The molecule has 0 aliphatic heterocycles. The maximum Gasteiger partial charge on any atom is 0.137 e. The minimum absolute atomic E-state index is 0.109. The van der Waals surface area contributed by atoms with Gasteiger partial charge in [-0.3, -0.25) is 0 Å². The van der Waals surface area contributed by atoms with Crippen LogP contribution in [0.15, 0.2) is 23.1 Å². The van der Waals surface area contributed by atoms with Crippen LogP contribution in [0, 0.1) is 5.82 Å². The molecule has 0 bridgehead atoms. The van der Waals surface area contributed by atoms with E-state index in [1.807, 2.05) is 19.1 Å². The maximum atomic E-state index is 13.6. The molecule has 0 saturated heterocycles. The molecule has 3 heteroatoms. The van der Waals surface area contributed by atoms with Gasteiger partial charge in [0.25, 0.3) is 0 Å². The predicted octanol–water partition coefficient (Wildman–Crippen LogP) is 3.74. The molecule has 0 fully saturated rings. The van der Waals surface area contributed by atoms with Gasteiger partial charge in [0.2, 0.25) is 0 Å². The Labute approximate surface area is 95.2 Å². The third-order valence-corrected chi connectivity index (χ3v) is 3.71. The van der Waals surface area contributed by atoms with Gasteiger partial charge in [-0.25, -0.2) is 4.39 Å². The van der Waals surface area contributed by atoms with E-state index in [0.717, 1.165) is 12.0 Å². The Balaban J connectivity index is 2.83. The summed E-state index contributed by atoms with van der Waals surface area (Å²) in [6.07, 6.45) is 1.04. The minimum atomic E-state index is -0.157. The standard InChI is InChI=1S/C12H18FNS/c1-4-8(2)15-12-6-5-10(9(3)14)7-11(12)13/h5-9H,4,14H2,1-3H3/t8?,9-/m1/s1. The lowest BCUT2D eigenvalue weighted by Crippen LogP contribution is -2.05. The highest BCUT2D eigenvalue weighted by molar-refractivity contribution is 7.99. The fourth-order valence-electron chi connectivity index (χ4n) is 1.20. The summed E-state index contributed by atoms with van der Waals surface area (Å²) in [6, 6.07) is 5.15. The van der Waals surface area contributed by atoms with Gasteiger partial charge in [-0.15, -0.1) is 11.8 Å². The molecule has 0 amide bonds. The Morgan fingerprint density at radius 2 is 2.07 bits per heavy atom.